The van der Waals surface area contributed by atoms with E-state index >= 15 is 0 Å². The topological polar surface area (TPSA) is 34.4 Å². The van der Waals surface area contributed by atoms with Crippen molar-refractivity contribution < 1.29 is 4.79 Å². The molecule has 1 amide bonds. The smallest absolute Gasteiger partial charge is 0.279 e. The van der Waals surface area contributed by atoms with Crippen LogP contribution in [-0.4, -0.2) is 10.5 Å². The van der Waals surface area contributed by atoms with Crippen LogP contribution in [-0.2, 0) is 7.05 Å². The van der Waals surface area contributed by atoms with Gasteiger partial charge in [-0.25, -0.2) is 0 Å². The summed E-state index contributed by atoms with van der Waals surface area (Å²) in [5, 5.41) is 0. The molecule has 1 heterocycles. The summed E-state index contributed by atoms with van der Waals surface area (Å²) in [4.78, 5) is 17.2. The second kappa shape index (κ2) is 5.87. The fraction of sp³-hybridized carbons (Fsp3) is 0.0667. The molecule has 0 radical (unpaired) electrons. The van der Waals surface area contributed by atoms with Gasteiger partial charge in [0.2, 0.25) is 0 Å². The lowest BCUT2D eigenvalue weighted by atomic mass is 10.2. The largest absolute Gasteiger partial charge is 0.319 e. The summed E-state index contributed by atoms with van der Waals surface area (Å²) in [5.74, 6) is -0.233. The van der Waals surface area contributed by atoms with Crippen LogP contribution in [0, 0.1) is 0 Å². The first-order valence-corrected chi connectivity index (χ1v) is 8.54. The SMILES string of the molecule is Cn1c(=NC(=O)c2ccc(Br)cc2)sc2cc(Br)ccc21. The first-order valence-electron chi connectivity index (χ1n) is 6.14. The molecule has 1 aromatic heterocycles. The van der Waals surface area contributed by atoms with Crippen LogP contribution in [0.5, 0.6) is 0 Å². The van der Waals surface area contributed by atoms with E-state index in [-0.39, 0.29) is 5.91 Å². The highest BCUT2D eigenvalue weighted by Crippen LogP contribution is 2.21. The van der Waals surface area contributed by atoms with Crippen LogP contribution in [0.2, 0.25) is 0 Å². The van der Waals surface area contributed by atoms with Gasteiger partial charge >= 0.3 is 0 Å². The van der Waals surface area contributed by atoms with Crippen LogP contribution in [0.25, 0.3) is 10.2 Å². The Balaban J connectivity index is 2.09. The van der Waals surface area contributed by atoms with E-state index in [2.05, 4.69) is 36.9 Å². The Kier molecular flexibility index (Phi) is 4.10. The van der Waals surface area contributed by atoms with Crippen molar-refractivity contribution in [1.29, 1.82) is 0 Å². The Hall–Kier alpha value is -1.24. The molecule has 0 N–H and O–H groups in total. The highest BCUT2D eigenvalue weighted by molar-refractivity contribution is 9.10. The molecule has 0 bridgehead atoms. The van der Waals surface area contributed by atoms with E-state index in [1.165, 1.54) is 11.3 Å². The maximum atomic E-state index is 12.2. The van der Waals surface area contributed by atoms with Gasteiger partial charge in [-0.1, -0.05) is 43.2 Å². The number of nitrogens with zero attached hydrogens (tertiary/aromatic N) is 2. The van der Waals surface area contributed by atoms with E-state index < -0.39 is 0 Å². The summed E-state index contributed by atoms with van der Waals surface area (Å²) in [7, 11) is 1.92. The Morgan fingerprint density at radius 2 is 1.76 bits per heavy atom. The number of carbonyl (C=O) groups excluding carboxylic acids is 1. The second-order valence-electron chi connectivity index (χ2n) is 4.48. The van der Waals surface area contributed by atoms with E-state index in [0.717, 1.165) is 19.2 Å². The predicted molar refractivity (Wildman–Crippen MR) is 92.5 cm³/mol. The summed E-state index contributed by atoms with van der Waals surface area (Å²) in [6, 6.07) is 13.2. The predicted octanol–water partition coefficient (Wildman–Crippen LogP) is 4.51. The van der Waals surface area contributed by atoms with Crippen molar-refractivity contribution in [2.75, 3.05) is 0 Å². The molecule has 106 valence electrons. The van der Waals surface area contributed by atoms with E-state index in [9.17, 15) is 4.79 Å². The van der Waals surface area contributed by atoms with Crippen molar-refractivity contribution in [3.8, 4) is 0 Å². The van der Waals surface area contributed by atoms with Gasteiger partial charge < -0.3 is 4.57 Å². The van der Waals surface area contributed by atoms with Crippen LogP contribution in [0.4, 0.5) is 0 Å². The van der Waals surface area contributed by atoms with Crippen molar-refractivity contribution in [3.05, 3.63) is 61.8 Å². The fourth-order valence-corrected chi connectivity index (χ4v) is 3.79. The number of hydrogen-bond donors (Lipinski definition) is 0. The average molecular weight is 426 g/mol. The summed E-state index contributed by atoms with van der Waals surface area (Å²) < 4.78 is 4.98. The van der Waals surface area contributed by atoms with Gasteiger partial charge in [0.05, 0.1) is 10.2 Å². The molecule has 3 rings (SSSR count). The Bertz CT molecular complexity index is 894. The van der Waals surface area contributed by atoms with Gasteiger partial charge in [-0.15, -0.1) is 0 Å². The molecule has 0 saturated heterocycles. The molecule has 21 heavy (non-hydrogen) atoms. The molecule has 0 spiro atoms. The standard InChI is InChI=1S/C15H10Br2N2OS/c1-19-12-7-6-11(17)8-13(12)21-15(19)18-14(20)9-2-4-10(16)5-3-9/h2-8H,1H3. The second-order valence-corrected chi connectivity index (χ2v) is 7.32. The van der Waals surface area contributed by atoms with Crippen LogP contribution < -0.4 is 4.80 Å². The number of carbonyl (C=O) groups is 1. The summed E-state index contributed by atoms with van der Waals surface area (Å²) in [6.07, 6.45) is 0. The molecule has 0 atom stereocenters. The summed E-state index contributed by atoms with van der Waals surface area (Å²) in [6.45, 7) is 0. The van der Waals surface area contributed by atoms with Gasteiger partial charge in [0.15, 0.2) is 4.80 Å². The Labute approximate surface area is 142 Å². The van der Waals surface area contributed by atoms with Gasteiger partial charge in [0.25, 0.3) is 5.91 Å². The van der Waals surface area contributed by atoms with Crippen molar-refractivity contribution >= 4 is 59.3 Å². The Morgan fingerprint density at radius 3 is 2.48 bits per heavy atom. The highest BCUT2D eigenvalue weighted by atomic mass is 79.9. The lowest BCUT2D eigenvalue weighted by molar-refractivity contribution is 0.0998. The molecule has 3 nitrogen and oxygen atoms in total. The monoisotopic (exact) mass is 424 g/mol. The van der Waals surface area contributed by atoms with Crippen LogP contribution in [0.3, 0.4) is 0 Å². The Morgan fingerprint density at radius 1 is 1.10 bits per heavy atom. The number of hydrogen-bond acceptors (Lipinski definition) is 2. The van der Waals surface area contributed by atoms with Crippen molar-refractivity contribution in [2.24, 2.45) is 12.0 Å². The zero-order valence-electron chi connectivity index (χ0n) is 11.0. The molecule has 0 unspecified atom stereocenters. The minimum atomic E-state index is -0.233. The zero-order valence-corrected chi connectivity index (χ0v) is 15.0. The third-order valence-corrected chi connectivity index (χ3v) is 5.18. The number of thiazole rings is 1. The fourth-order valence-electron chi connectivity index (χ4n) is 1.96. The third kappa shape index (κ3) is 3.02. The molecule has 0 aliphatic heterocycles. The number of benzene rings is 2. The maximum Gasteiger partial charge on any atom is 0.279 e. The number of aromatic nitrogens is 1. The van der Waals surface area contributed by atoms with Gasteiger partial charge in [0, 0.05) is 21.6 Å². The number of rotatable bonds is 1. The lowest BCUT2D eigenvalue weighted by Crippen LogP contribution is -2.13. The third-order valence-electron chi connectivity index (χ3n) is 3.06. The van der Waals surface area contributed by atoms with E-state index in [0.29, 0.717) is 10.4 Å². The first kappa shape index (κ1) is 14.7. The first-order chi connectivity index (χ1) is 10.0. The number of fused-ring (bicyclic) bond motifs is 1. The number of amides is 1. The van der Waals surface area contributed by atoms with Crippen molar-refractivity contribution in [3.63, 3.8) is 0 Å². The zero-order chi connectivity index (χ0) is 15.0. The molecule has 2 aromatic carbocycles. The lowest BCUT2D eigenvalue weighted by Gasteiger charge is -1.96. The van der Waals surface area contributed by atoms with Crippen LogP contribution in [0.15, 0.2) is 56.4 Å². The van der Waals surface area contributed by atoms with Gasteiger partial charge in [-0.05, 0) is 42.5 Å². The van der Waals surface area contributed by atoms with Crippen molar-refractivity contribution in [1.82, 2.24) is 4.57 Å². The molecular weight excluding hydrogens is 416 g/mol. The molecule has 3 aromatic rings. The molecule has 0 aliphatic carbocycles. The van der Waals surface area contributed by atoms with E-state index in [1.54, 1.807) is 12.1 Å². The highest BCUT2D eigenvalue weighted by Gasteiger charge is 2.07. The van der Waals surface area contributed by atoms with E-state index in [1.807, 2.05) is 41.9 Å². The molecule has 0 saturated carbocycles. The van der Waals surface area contributed by atoms with Crippen molar-refractivity contribution in [2.45, 2.75) is 0 Å². The summed E-state index contributed by atoms with van der Waals surface area (Å²) in [5.41, 5.74) is 1.64. The molecular formula is C15H10Br2N2OS. The molecule has 0 aliphatic rings. The minimum Gasteiger partial charge on any atom is -0.319 e. The number of halogens is 2. The average Bonchev–Trinajstić information content (AvgIpc) is 2.75. The number of aryl methyl sites for hydroxylation is 1. The van der Waals surface area contributed by atoms with E-state index in [4.69, 9.17) is 0 Å². The maximum absolute atomic E-state index is 12.2. The molecule has 6 heteroatoms. The minimum absolute atomic E-state index is 0.233. The quantitative estimate of drug-likeness (QED) is 0.564. The molecule has 0 fully saturated rings. The van der Waals surface area contributed by atoms with Crippen LogP contribution >= 0.6 is 43.2 Å². The summed E-state index contributed by atoms with van der Waals surface area (Å²) >= 11 is 8.31. The van der Waals surface area contributed by atoms with Gasteiger partial charge in [-0.3, -0.25) is 4.79 Å². The van der Waals surface area contributed by atoms with Gasteiger partial charge in [-0.2, -0.15) is 4.99 Å². The van der Waals surface area contributed by atoms with Crippen LogP contribution in [0.1, 0.15) is 10.4 Å². The normalized spacial score (nSPS) is 12.0. The van der Waals surface area contributed by atoms with Gasteiger partial charge in [0.1, 0.15) is 0 Å².